The second kappa shape index (κ2) is 4.40. The molecule has 0 aromatic heterocycles. The minimum absolute atomic E-state index is 0.297. The molecule has 0 spiro atoms. The van der Waals surface area contributed by atoms with Crippen molar-refractivity contribution in [3.63, 3.8) is 0 Å². The maximum Gasteiger partial charge on any atom is 0.155 e. The lowest BCUT2D eigenvalue weighted by Gasteiger charge is -2.19. The van der Waals surface area contributed by atoms with E-state index in [1.165, 1.54) is 11.1 Å². The van der Waals surface area contributed by atoms with Crippen molar-refractivity contribution in [2.45, 2.75) is 40.0 Å². The number of ketones is 1. The topological polar surface area (TPSA) is 17.1 Å². The van der Waals surface area contributed by atoms with Crippen molar-refractivity contribution >= 4 is 5.78 Å². The molecule has 1 aliphatic carbocycles. The summed E-state index contributed by atoms with van der Waals surface area (Å²) < 4.78 is 0. The molecular formula is C12H18O. The van der Waals surface area contributed by atoms with Crippen LogP contribution in [0.25, 0.3) is 0 Å². The highest BCUT2D eigenvalue weighted by molar-refractivity contribution is 5.91. The Hall–Kier alpha value is -0.850. The molecule has 1 aliphatic rings. The van der Waals surface area contributed by atoms with Crippen LogP contribution in [-0.4, -0.2) is 5.78 Å². The van der Waals surface area contributed by atoms with Gasteiger partial charge in [-0.05, 0) is 45.6 Å². The SMILES string of the molecule is CC(C)=CCC1CCC(=O)C=C1C. The van der Waals surface area contributed by atoms with Crippen molar-refractivity contribution in [2.24, 2.45) is 5.92 Å². The number of hydrogen-bond donors (Lipinski definition) is 0. The molecule has 0 aromatic rings. The molecule has 0 saturated heterocycles. The summed E-state index contributed by atoms with van der Waals surface area (Å²) >= 11 is 0. The second-order valence-corrected chi connectivity index (χ2v) is 4.11. The molecule has 1 heteroatoms. The van der Waals surface area contributed by atoms with E-state index in [-0.39, 0.29) is 0 Å². The van der Waals surface area contributed by atoms with Crippen LogP contribution < -0.4 is 0 Å². The van der Waals surface area contributed by atoms with E-state index in [1.807, 2.05) is 6.08 Å². The van der Waals surface area contributed by atoms with Crippen LogP contribution in [0.2, 0.25) is 0 Å². The molecule has 1 unspecified atom stereocenters. The Morgan fingerprint density at radius 3 is 2.85 bits per heavy atom. The smallest absolute Gasteiger partial charge is 0.155 e. The third-order valence-corrected chi connectivity index (χ3v) is 2.58. The van der Waals surface area contributed by atoms with Crippen LogP contribution in [0.3, 0.4) is 0 Å². The van der Waals surface area contributed by atoms with E-state index in [0.29, 0.717) is 11.7 Å². The number of rotatable bonds is 2. The second-order valence-electron chi connectivity index (χ2n) is 4.11. The first-order valence-electron chi connectivity index (χ1n) is 4.94. The number of hydrogen-bond acceptors (Lipinski definition) is 1. The number of allylic oxidation sites excluding steroid dienone is 4. The molecule has 0 heterocycles. The van der Waals surface area contributed by atoms with Gasteiger partial charge >= 0.3 is 0 Å². The molecule has 1 atom stereocenters. The molecular weight excluding hydrogens is 160 g/mol. The van der Waals surface area contributed by atoms with Crippen molar-refractivity contribution in [3.8, 4) is 0 Å². The summed E-state index contributed by atoms with van der Waals surface area (Å²) in [6.45, 7) is 6.31. The van der Waals surface area contributed by atoms with Crippen LogP contribution in [0, 0.1) is 5.92 Å². The van der Waals surface area contributed by atoms with Gasteiger partial charge in [-0.3, -0.25) is 4.79 Å². The Balaban J connectivity index is 2.57. The Labute approximate surface area is 80.5 Å². The fourth-order valence-electron chi connectivity index (χ4n) is 1.67. The average molecular weight is 178 g/mol. The fraction of sp³-hybridized carbons (Fsp3) is 0.583. The van der Waals surface area contributed by atoms with Crippen LogP contribution in [0.1, 0.15) is 40.0 Å². The Morgan fingerprint density at radius 2 is 2.31 bits per heavy atom. The summed E-state index contributed by atoms with van der Waals surface area (Å²) in [6.07, 6.45) is 6.94. The van der Waals surface area contributed by atoms with Gasteiger partial charge < -0.3 is 0 Å². The predicted octanol–water partition coefficient (Wildman–Crippen LogP) is 3.27. The molecule has 0 fully saturated rings. The van der Waals surface area contributed by atoms with Gasteiger partial charge in [0.1, 0.15) is 0 Å². The van der Waals surface area contributed by atoms with E-state index in [2.05, 4.69) is 26.8 Å². The van der Waals surface area contributed by atoms with Gasteiger partial charge in [0, 0.05) is 6.42 Å². The van der Waals surface area contributed by atoms with Gasteiger partial charge in [-0.25, -0.2) is 0 Å². The zero-order chi connectivity index (χ0) is 9.84. The van der Waals surface area contributed by atoms with Gasteiger partial charge in [-0.15, -0.1) is 0 Å². The third kappa shape index (κ3) is 3.17. The lowest BCUT2D eigenvalue weighted by molar-refractivity contribution is -0.115. The maximum absolute atomic E-state index is 11.1. The summed E-state index contributed by atoms with van der Waals surface area (Å²) in [5.74, 6) is 0.901. The lowest BCUT2D eigenvalue weighted by Crippen LogP contribution is -2.11. The summed E-state index contributed by atoms with van der Waals surface area (Å²) in [4.78, 5) is 11.1. The minimum Gasteiger partial charge on any atom is -0.295 e. The molecule has 0 aliphatic heterocycles. The Kier molecular flexibility index (Phi) is 3.47. The van der Waals surface area contributed by atoms with E-state index in [1.54, 1.807) is 0 Å². The Morgan fingerprint density at radius 1 is 1.62 bits per heavy atom. The molecule has 0 N–H and O–H groups in total. The molecule has 0 aromatic carbocycles. The normalized spacial score (nSPS) is 22.5. The van der Waals surface area contributed by atoms with Gasteiger partial charge in [0.25, 0.3) is 0 Å². The standard InChI is InChI=1S/C12H18O/c1-9(2)4-5-11-6-7-12(13)8-10(11)3/h4,8,11H,5-7H2,1-3H3. The summed E-state index contributed by atoms with van der Waals surface area (Å²) in [7, 11) is 0. The number of carbonyl (C=O) groups excluding carboxylic acids is 1. The molecule has 0 radical (unpaired) electrons. The summed E-state index contributed by atoms with van der Waals surface area (Å²) in [5.41, 5.74) is 2.62. The highest BCUT2D eigenvalue weighted by atomic mass is 16.1. The van der Waals surface area contributed by atoms with E-state index < -0.39 is 0 Å². The highest BCUT2D eigenvalue weighted by Gasteiger charge is 2.16. The molecule has 0 saturated carbocycles. The van der Waals surface area contributed by atoms with Gasteiger partial charge in [0.2, 0.25) is 0 Å². The van der Waals surface area contributed by atoms with E-state index in [4.69, 9.17) is 0 Å². The van der Waals surface area contributed by atoms with Gasteiger partial charge in [-0.2, -0.15) is 0 Å². The maximum atomic E-state index is 11.1. The summed E-state index contributed by atoms with van der Waals surface area (Å²) in [5, 5.41) is 0. The fourth-order valence-corrected chi connectivity index (χ4v) is 1.67. The molecule has 1 nitrogen and oxygen atoms in total. The zero-order valence-electron chi connectivity index (χ0n) is 8.76. The van der Waals surface area contributed by atoms with Crippen molar-refractivity contribution in [2.75, 3.05) is 0 Å². The highest BCUT2D eigenvalue weighted by Crippen LogP contribution is 2.26. The van der Waals surface area contributed by atoms with E-state index in [9.17, 15) is 4.79 Å². The third-order valence-electron chi connectivity index (χ3n) is 2.58. The minimum atomic E-state index is 0.297. The molecule has 72 valence electrons. The first kappa shape index (κ1) is 10.2. The monoisotopic (exact) mass is 178 g/mol. The van der Waals surface area contributed by atoms with Crippen LogP contribution in [0.5, 0.6) is 0 Å². The van der Waals surface area contributed by atoms with Crippen LogP contribution in [0.4, 0.5) is 0 Å². The van der Waals surface area contributed by atoms with E-state index in [0.717, 1.165) is 19.3 Å². The van der Waals surface area contributed by atoms with Crippen LogP contribution in [0.15, 0.2) is 23.3 Å². The molecule has 0 amide bonds. The quantitative estimate of drug-likeness (QED) is 0.593. The van der Waals surface area contributed by atoms with Gasteiger partial charge in [-0.1, -0.05) is 17.2 Å². The average Bonchev–Trinajstić information content (AvgIpc) is 2.02. The van der Waals surface area contributed by atoms with Crippen molar-refractivity contribution in [3.05, 3.63) is 23.3 Å². The van der Waals surface area contributed by atoms with Crippen LogP contribution >= 0.6 is 0 Å². The lowest BCUT2D eigenvalue weighted by atomic mass is 9.85. The summed E-state index contributed by atoms with van der Waals surface area (Å²) in [6, 6.07) is 0. The molecule has 0 bridgehead atoms. The Bertz CT molecular complexity index is 254. The van der Waals surface area contributed by atoms with Gasteiger partial charge in [0.05, 0.1) is 0 Å². The first-order valence-corrected chi connectivity index (χ1v) is 4.94. The number of carbonyl (C=O) groups is 1. The molecule has 13 heavy (non-hydrogen) atoms. The van der Waals surface area contributed by atoms with E-state index >= 15 is 0 Å². The van der Waals surface area contributed by atoms with Crippen molar-refractivity contribution < 1.29 is 4.79 Å². The predicted molar refractivity (Wildman–Crippen MR) is 55.5 cm³/mol. The van der Waals surface area contributed by atoms with Crippen LogP contribution in [-0.2, 0) is 4.79 Å². The van der Waals surface area contributed by atoms with Crippen molar-refractivity contribution in [1.82, 2.24) is 0 Å². The molecule has 1 rings (SSSR count). The largest absolute Gasteiger partial charge is 0.295 e. The first-order chi connectivity index (χ1) is 6.09. The van der Waals surface area contributed by atoms with Crippen molar-refractivity contribution in [1.29, 1.82) is 0 Å². The zero-order valence-corrected chi connectivity index (χ0v) is 8.76. The van der Waals surface area contributed by atoms with Gasteiger partial charge in [0.15, 0.2) is 5.78 Å².